The zero-order chi connectivity index (χ0) is 19.1. The van der Waals surface area contributed by atoms with Gasteiger partial charge in [-0.3, -0.25) is 4.79 Å². The second kappa shape index (κ2) is 7.13. The summed E-state index contributed by atoms with van der Waals surface area (Å²) in [6, 6.07) is 8.33. The molecule has 0 radical (unpaired) electrons. The Bertz CT molecular complexity index is 1030. The fraction of sp³-hybridized carbons (Fsp3) is 0.350. The van der Waals surface area contributed by atoms with E-state index in [1.807, 2.05) is 24.8 Å². The molecule has 0 unspecified atom stereocenters. The van der Waals surface area contributed by atoms with Crippen LogP contribution in [0.15, 0.2) is 29.4 Å². The Labute approximate surface area is 167 Å². The number of hydrogen-bond donors (Lipinski definition) is 1. The molecular weight excluding hydrogens is 376 g/mol. The van der Waals surface area contributed by atoms with Crippen LogP contribution in [0, 0.1) is 13.8 Å². The fourth-order valence-electron chi connectivity index (χ4n) is 3.46. The van der Waals surface area contributed by atoms with Gasteiger partial charge in [0, 0.05) is 18.0 Å². The lowest BCUT2D eigenvalue weighted by Crippen LogP contribution is -2.40. The van der Waals surface area contributed by atoms with Crippen LogP contribution in [-0.4, -0.2) is 32.6 Å². The lowest BCUT2D eigenvalue weighted by molar-refractivity contribution is -0.131. The Hall–Kier alpha value is -2.12. The SMILES string of the molecule is Cc1sc2nc(S[C@@H](C)C(=O)N3CCc4ccccc4C3)nc(N)c2c1C. The Morgan fingerprint density at radius 3 is 2.78 bits per heavy atom. The van der Waals surface area contributed by atoms with Crippen molar-refractivity contribution < 1.29 is 4.79 Å². The number of carbonyl (C=O) groups is 1. The van der Waals surface area contributed by atoms with Gasteiger partial charge in [-0.25, -0.2) is 9.97 Å². The van der Waals surface area contributed by atoms with Gasteiger partial charge in [0.25, 0.3) is 0 Å². The van der Waals surface area contributed by atoms with Crippen LogP contribution >= 0.6 is 23.1 Å². The average Bonchev–Trinajstić information content (AvgIpc) is 2.94. The smallest absolute Gasteiger partial charge is 0.236 e. The summed E-state index contributed by atoms with van der Waals surface area (Å²) in [5.74, 6) is 0.617. The van der Waals surface area contributed by atoms with E-state index in [1.54, 1.807) is 11.3 Å². The minimum Gasteiger partial charge on any atom is -0.383 e. The van der Waals surface area contributed by atoms with Gasteiger partial charge >= 0.3 is 0 Å². The van der Waals surface area contributed by atoms with Crippen molar-refractivity contribution >= 4 is 45.0 Å². The predicted octanol–water partition coefficient (Wildman–Crippen LogP) is 3.96. The van der Waals surface area contributed by atoms with E-state index in [4.69, 9.17) is 5.73 Å². The zero-order valence-corrected chi connectivity index (χ0v) is 17.3. The fourth-order valence-corrected chi connectivity index (χ4v) is 5.42. The number of nitrogens with two attached hydrogens (primary N) is 1. The molecular formula is C20H22N4OS2. The molecule has 1 aromatic carbocycles. The average molecular weight is 399 g/mol. The van der Waals surface area contributed by atoms with Crippen molar-refractivity contribution in [3.05, 3.63) is 45.8 Å². The highest BCUT2D eigenvalue weighted by Gasteiger charge is 2.26. The van der Waals surface area contributed by atoms with Gasteiger partial charge in [0.15, 0.2) is 5.16 Å². The van der Waals surface area contributed by atoms with Crippen molar-refractivity contribution in [2.45, 2.75) is 44.1 Å². The minimum atomic E-state index is -0.255. The van der Waals surface area contributed by atoms with Crippen LogP contribution < -0.4 is 5.73 Å². The summed E-state index contributed by atoms with van der Waals surface area (Å²) < 4.78 is 0. The Kier molecular flexibility index (Phi) is 4.82. The summed E-state index contributed by atoms with van der Waals surface area (Å²) in [5.41, 5.74) is 9.88. The molecule has 1 amide bonds. The number of nitrogen functional groups attached to an aromatic ring is 1. The Morgan fingerprint density at radius 1 is 1.26 bits per heavy atom. The van der Waals surface area contributed by atoms with E-state index in [1.165, 1.54) is 27.8 Å². The number of nitrogens with zero attached hydrogens (tertiary/aromatic N) is 3. The molecule has 1 atom stereocenters. The molecule has 5 nitrogen and oxygen atoms in total. The largest absolute Gasteiger partial charge is 0.383 e. The summed E-state index contributed by atoms with van der Waals surface area (Å²) in [6.45, 7) is 7.45. The number of anilines is 1. The number of carbonyl (C=O) groups excluding carboxylic acids is 1. The number of thiophene rings is 1. The first kappa shape index (κ1) is 18.3. The van der Waals surface area contributed by atoms with Crippen LogP contribution in [-0.2, 0) is 17.8 Å². The molecule has 2 aromatic heterocycles. The molecule has 7 heteroatoms. The first-order valence-electron chi connectivity index (χ1n) is 8.99. The van der Waals surface area contributed by atoms with E-state index in [0.717, 1.165) is 28.7 Å². The summed E-state index contributed by atoms with van der Waals surface area (Å²) >= 11 is 3.01. The summed E-state index contributed by atoms with van der Waals surface area (Å²) in [5, 5.41) is 1.25. The second-order valence-electron chi connectivity index (χ2n) is 6.89. The molecule has 0 saturated carbocycles. The summed E-state index contributed by atoms with van der Waals surface area (Å²) in [7, 11) is 0. The van der Waals surface area contributed by atoms with Crippen molar-refractivity contribution in [3.63, 3.8) is 0 Å². The third kappa shape index (κ3) is 3.41. The van der Waals surface area contributed by atoms with Crippen LogP contribution in [0.4, 0.5) is 5.82 Å². The molecule has 3 aromatic rings. The van der Waals surface area contributed by atoms with Crippen molar-refractivity contribution in [3.8, 4) is 0 Å². The van der Waals surface area contributed by atoms with Crippen molar-refractivity contribution in [2.75, 3.05) is 12.3 Å². The molecule has 140 valence electrons. The first-order valence-corrected chi connectivity index (χ1v) is 10.7. The standard InChI is InChI=1S/C20H22N4OS2/c1-11-12(2)26-18-16(11)17(21)22-20(23-18)27-13(3)19(25)24-9-8-14-6-4-5-7-15(14)10-24/h4-7,13H,8-10H2,1-3H3,(H2,21,22,23)/t13-/m0/s1. The van der Waals surface area contributed by atoms with Gasteiger partial charge in [-0.1, -0.05) is 36.0 Å². The molecule has 1 aliphatic heterocycles. The van der Waals surface area contributed by atoms with Gasteiger partial charge in [-0.15, -0.1) is 11.3 Å². The zero-order valence-electron chi connectivity index (χ0n) is 15.7. The molecule has 2 N–H and O–H groups in total. The van der Waals surface area contributed by atoms with Crippen LogP contribution in [0.2, 0.25) is 0 Å². The lowest BCUT2D eigenvalue weighted by atomic mass is 10.00. The minimum absolute atomic E-state index is 0.121. The molecule has 0 aliphatic carbocycles. The Balaban J connectivity index is 1.51. The third-order valence-corrected chi connectivity index (χ3v) is 7.16. The number of aryl methyl sites for hydroxylation is 2. The van der Waals surface area contributed by atoms with Gasteiger partial charge in [0.2, 0.25) is 5.91 Å². The third-order valence-electron chi connectivity index (χ3n) is 5.11. The molecule has 4 rings (SSSR count). The number of thioether (sulfide) groups is 1. The second-order valence-corrected chi connectivity index (χ2v) is 9.40. The highest BCUT2D eigenvalue weighted by Crippen LogP contribution is 2.34. The van der Waals surface area contributed by atoms with E-state index in [0.29, 0.717) is 17.5 Å². The first-order chi connectivity index (χ1) is 12.9. The topological polar surface area (TPSA) is 72.1 Å². The molecule has 0 bridgehead atoms. The molecule has 0 saturated heterocycles. The number of rotatable bonds is 3. The van der Waals surface area contributed by atoms with Crippen LogP contribution in [0.3, 0.4) is 0 Å². The number of aromatic nitrogens is 2. The number of fused-ring (bicyclic) bond motifs is 2. The highest BCUT2D eigenvalue weighted by molar-refractivity contribution is 8.00. The number of hydrogen-bond acceptors (Lipinski definition) is 6. The molecule has 27 heavy (non-hydrogen) atoms. The van der Waals surface area contributed by atoms with E-state index in [9.17, 15) is 4.79 Å². The van der Waals surface area contributed by atoms with E-state index >= 15 is 0 Å². The Morgan fingerprint density at radius 2 is 2.00 bits per heavy atom. The van der Waals surface area contributed by atoms with Gasteiger partial charge in [-0.05, 0) is 43.9 Å². The molecule has 1 aliphatic rings. The lowest BCUT2D eigenvalue weighted by Gasteiger charge is -2.30. The number of amides is 1. The maximum Gasteiger partial charge on any atom is 0.236 e. The summed E-state index contributed by atoms with van der Waals surface area (Å²) in [6.07, 6.45) is 0.905. The van der Waals surface area contributed by atoms with E-state index in [2.05, 4.69) is 35.1 Å². The van der Waals surface area contributed by atoms with Crippen LogP contribution in [0.1, 0.15) is 28.5 Å². The van der Waals surface area contributed by atoms with Gasteiger partial charge in [0.1, 0.15) is 10.6 Å². The maximum atomic E-state index is 12.9. The van der Waals surface area contributed by atoms with E-state index in [-0.39, 0.29) is 11.2 Å². The van der Waals surface area contributed by atoms with Gasteiger partial charge in [-0.2, -0.15) is 0 Å². The predicted molar refractivity (Wildman–Crippen MR) is 112 cm³/mol. The summed E-state index contributed by atoms with van der Waals surface area (Å²) in [4.78, 5) is 26.1. The van der Waals surface area contributed by atoms with Crippen LogP contribution in [0.25, 0.3) is 10.2 Å². The quantitative estimate of drug-likeness (QED) is 0.534. The molecule has 0 fully saturated rings. The monoisotopic (exact) mass is 398 g/mol. The molecule has 3 heterocycles. The van der Waals surface area contributed by atoms with Crippen molar-refractivity contribution in [1.29, 1.82) is 0 Å². The highest BCUT2D eigenvalue weighted by atomic mass is 32.2. The number of benzene rings is 1. The van der Waals surface area contributed by atoms with Crippen molar-refractivity contribution in [1.82, 2.24) is 14.9 Å². The van der Waals surface area contributed by atoms with Crippen LogP contribution in [0.5, 0.6) is 0 Å². The van der Waals surface area contributed by atoms with E-state index < -0.39 is 0 Å². The normalized spacial score (nSPS) is 15.0. The van der Waals surface area contributed by atoms with Gasteiger partial charge < -0.3 is 10.6 Å². The van der Waals surface area contributed by atoms with Crippen molar-refractivity contribution in [2.24, 2.45) is 0 Å². The maximum absolute atomic E-state index is 12.9. The molecule has 0 spiro atoms. The van der Waals surface area contributed by atoms with Gasteiger partial charge in [0.05, 0.1) is 10.6 Å².